The number of methoxy groups -OCH3 is 1. The lowest BCUT2D eigenvalue weighted by molar-refractivity contribution is -0.147. The number of carbonyl (C=O) groups excluding carboxylic acids is 2. The van der Waals surface area contributed by atoms with Crippen LogP contribution >= 0.6 is 0 Å². The standard InChI is InChI=1S/C23H29NO5/c1-18(23(26)27-2)29-21-14-12-20(13-15-21)24-22(25)11-7-4-8-16-28-17-19-9-5-3-6-10-19/h3,5-6,9-10,12-15,18H,4,7-8,11,16-17H2,1-2H3,(H,24,25)/t18-/m1/s1. The largest absolute Gasteiger partial charge is 0.479 e. The Morgan fingerprint density at radius 2 is 1.69 bits per heavy atom. The van der Waals surface area contributed by atoms with Crippen LogP contribution in [0.3, 0.4) is 0 Å². The molecule has 1 atom stereocenters. The number of carbonyl (C=O) groups is 2. The minimum absolute atomic E-state index is 0.0215. The number of hydrogen-bond acceptors (Lipinski definition) is 5. The maximum absolute atomic E-state index is 12.0. The summed E-state index contributed by atoms with van der Waals surface area (Å²) >= 11 is 0. The number of benzene rings is 2. The molecule has 0 unspecified atom stereocenters. The van der Waals surface area contributed by atoms with Crippen molar-refractivity contribution in [2.45, 2.75) is 45.3 Å². The summed E-state index contributed by atoms with van der Waals surface area (Å²) in [5.74, 6) is 0.0797. The van der Waals surface area contributed by atoms with Gasteiger partial charge in [0, 0.05) is 18.7 Å². The molecule has 2 aromatic carbocycles. The van der Waals surface area contributed by atoms with Gasteiger partial charge in [0.05, 0.1) is 13.7 Å². The molecule has 29 heavy (non-hydrogen) atoms. The summed E-state index contributed by atoms with van der Waals surface area (Å²) in [6.45, 7) is 2.94. The van der Waals surface area contributed by atoms with Crippen LogP contribution in [0.15, 0.2) is 54.6 Å². The van der Waals surface area contributed by atoms with Gasteiger partial charge in [0.15, 0.2) is 6.10 Å². The Kier molecular flexibility index (Phi) is 9.72. The first kappa shape index (κ1) is 22.4. The highest BCUT2D eigenvalue weighted by molar-refractivity contribution is 5.90. The molecular weight excluding hydrogens is 370 g/mol. The van der Waals surface area contributed by atoms with Gasteiger partial charge in [0.1, 0.15) is 5.75 Å². The van der Waals surface area contributed by atoms with Crippen molar-refractivity contribution in [3.63, 3.8) is 0 Å². The zero-order valence-corrected chi connectivity index (χ0v) is 17.1. The predicted octanol–water partition coefficient (Wildman–Crippen LogP) is 4.34. The van der Waals surface area contributed by atoms with E-state index in [1.165, 1.54) is 12.7 Å². The molecular formula is C23H29NO5. The molecule has 0 aliphatic heterocycles. The summed E-state index contributed by atoms with van der Waals surface area (Å²) < 4.78 is 15.7. The van der Waals surface area contributed by atoms with E-state index in [0.717, 1.165) is 19.3 Å². The van der Waals surface area contributed by atoms with E-state index in [2.05, 4.69) is 10.1 Å². The van der Waals surface area contributed by atoms with E-state index in [-0.39, 0.29) is 5.91 Å². The monoisotopic (exact) mass is 399 g/mol. The Balaban J connectivity index is 1.57. The molecule has 0 aromatic heterocycles. The fraction of sp³-hybridized carbons (Fsp3) is 0.391. The van der Waals surface area contributed by atoms with Gasteiger partial charge in [-0.25, -0.2) is 4.79 Å². The Morgan fingerprint density at radius 1 is 0.966 bits per heavy atom. The Morgan fingerprint density at radius 3 is 2.38 bits per heavy atom. The van der Waals surface area contributed by atoms with Crippen molar-refractivity contribution in [1.82, 2.24) is 0 Å². The Bertz CT molecular complexity index is 746. The van der Waals surface area contributed by atoms with Gasteiger partial charge in [0.25, 0.3) is 0 Å². The Hall–Kier alpha value is -2.86. The molecule has 0 aliphatic rings. The maximum atomic E-state index is 12.0. The van der Waals surface area contributed by atoms with Gasteiger partial charge in [-0.15, -0.1) is 0 Å². The number of unbranched alkanes of at least 4 members (excludes halogenated alkanes) is 2. The van der Waals surface area contributed by atoms with Gasteiger partial charge >= 0.3 is 5.97 Å². The van der Waals surface area contributed by atoms with Crippen LogP contribution < -0.4 is 10.1 Å². The van der Waals surface area contributed by atoms with Gasteiger partial charge < -0.3 is 19.5 Å². The molecule has 156 valence electrons. The van der Waals surface area contributed by atoms with Crippen molar-refractivity contribution < 1.29 is 23.8 Å². The van der Waals surface area contributed by atoms with E-state index in [1.807, 2.05) is 30.3 Å². The smallest absolute Gasteiger partial charge is 0.346 e. The first-order valence-corrected chi connectivity index (χ1v) is 9.84. The molecule has 2 aromatic rings. The fourth-order valence-electron chi connectivity index (χ4n) is 2.69. The quantitative estimate of drug-likeness (QED) is 0.424. The zero-order chi connectivity index (χ0) is 20.9. The van der Waals surface area contributed by atoms with Crippen LogP contribution in [0.4, 0.5) is 5.69 Å². The molecule has 0 bridgehead atoms. The fourth-order valence-corrected chi connectivity index (χ4v) is 2.69. The summed E-state index contributed by atoms with van der Waals surface area (Å²) in [7, 11) is 1.32. The highest BCUT2D eigenvalue weighted by atomic mass is 16.6. The number of esters is 1. The average Bonchev–Trinajstić information content (AvgIpc) is 2.74. The third-order valence-corrected chi connectivity index (χ3v) is 4.29. The van der Waals surface area contributed by atoms with E-state index in [9.17, 15) is 9.59 Å². The van der Waals surface area contributed by atoms with Crippen molar-refractivity contribution in [1.29, 1.82) is 0 Å². The Labute approximate surface area is 172 Å². The first-order chi connectivity index (χ1) is 14.1. The lowest BCUT2D eigenvalue weighted by Crippen LogP contribution is -2.24. The molecule has 0 aliphatic carbocycles. The topological polar surface area (TPSA) is 73.9 Å². The van der Waals surface area contributed by atoms with Crippen LogP contribution in [0.25, 0.3) is 0 Å². The molecule has 0 fully saturated rings. The van der Waals surface area contributed by atoms with Crippen molar-refractivity contribution in [2.75, 3.05) is 19.0 Å². The third kappa shape index (κ3) is 8.79. The van der Waals surface area contributed by atoms with E-state index in [4.69, 9.17) is 9.47 Å². The normalized spacial score (nSPS) is 11.5. The van der Waals surface area contributed by atoms with E-state index >= 15 is 0 Å². The van der Waals surface area contributed by atoms with Crippen molar-refractivity contribution in [3.8, 4) is 5.75 Å². The average molecular weight is 399 g/mol. The minimum atomic E-state index is -0.683. The second-order valence-electron chi connectivity index (χ2n) is 6.70. The van der Waals surface area contributed by atoms with Gasteiger partial charge in [-0.2, -0.15) is 0 Å². The van der Waals surface area contributed by atoms with Crippen molar-refractivity contribution >= 4 is 17.6 Å². The number of nitrogens with one attached hydrogen (secondary N) is 1. The molecule has 0 heterocycles. The first-order valence-electron chi connectivity index (χ1n) is 9.84. The van der Waals surface area contributed by atoms with Crippen LogP contribution in [-0.4, -0.2) is 31.7 Å². The second kappa shape index (κ2) is 12.6. The van der Waals surface area contributed by atoms with Crippen LogP contribution in [-0.2, 0) is 25.7 Å². The van der Waals surface area contributed by atoms with Gasteiger partial charge in [-0.1, -0.05) is 36.8 Å². The van der Waals surface area contributed by atoms with E-state index in [0.29, 0.717) is 31.1 Å². The zero-order valence-electron chi connectivity index (χ0n) is 17.1. The molecule has 6 nitrogen and oxygen atoms in total. The maximum Gasteiger partial charge on any atom is 0.346 e. The predicted molar refractivity (Wildman–Crippen MR) is 112 cm³/mol. The molecule has 0 saturated carbocycles. The summed E-state index contributed by atoms with van der Waals surface area (Å²) in [4.78, 5) is 23.4. The highest BCUT2D eigenvalue weighted by Crippen LogP contribution is 2.17. The molecule has 1 N–H and O–H groups in total. The number of hydrogen-bond donors (Lipinski definition) is 1. The third-order valence-electron chi connectivity index (χ3n) is 4.29. The van der Waals surface area contributed by atoms with Gasteiger partial charge in [-0.05, 0) is 49.6 Å². The number of ether oxygens (including phenoxy) is 3. The van der Waals surface area contributed by atoms with Crippen LogP contribution in [0.1, 0.15) is 38.2 Å². The van der Waals surface area contributed by atoms with Crippen LogP contribution in [0.5, 0.6) is 5.75 Å². The molecule has 0 saturated heterocycles. The van der Waals surface area contributed by atoms with Gasteiger partial charge in [0.2, 0.25) is 5.91 Å². The molecule has 1 amide bonds. The number of rotatable bonds is 12. The second-order valence-corrected chi connectivity index (χ2v) is 6.70. The SMILES string of the molecule is COC(=O)[C@@H](C)Oc1ccc(NC(=O)CCCCCOCc2ccccc2)cc1. The molecule has 2 rings (SSSR count). The molecule has 6 heteroatoms. The molecule has 0 spiro atoms. The van der Waals surface area contributed by atoms with E-state index in [1.54, 1.807) is 31.2 Å². The van der Waals surface area contributed by atoms with Crippen LogP contribution in [0, 0.1) is 0 Å². The van der Waals surface area contributed by atoms with E-state index < -0.39 is 12.1 Å². The summed E-state index contributed by atoms with van der Waals surface area (Å²) in [5, 5.41) is 2.86. The lowest BCUT2D eigenvalue weighted by Gasteiger charge is -2.13. The molecule has 0 radical (unpaired) electrons. The van der Waals surface area contributed by atoms with Gasteiger partial charge in [-0.3, -0.25) is 4.79 Å². The van der Waals surface area contributed by atoms with Crippen molar-refractivity contribution in [2.24, 2.45) is 0 Å². The summed E-state index contributed by atoms with van der Waals surface area (Å²) in [6, 6.07) is 17.0. The summed E-state index contributed by atoms with van der Waals surface area (Å²) in [5.41, 5.74) is 1.86. The summed E-state index contributed by atoms with van der Waals surface area (Å²) in [6.07, 6.45) is 2.48. The highest BCUT2D eigenvalue weighted by Gasteiger charge is 2.14. The van der Waals surface area contributed by atoms with Crippen molar-refractivity contribution in [3.05, 3.63) is 60.2 Å². The lowest BCUT2D eigenvalue weighted by atomic mass is 10.2. The number of amides is 1. The van der Waals surface area contributed by atoms with Crippen LogP contribution in [0.2, 0.25) is 0 Å². The number of anilines is 1. The minimum Gasteiger partial charge on any atom is -0.479 e.